The lowest BCUT2D eigenvalue weighted by molar-refractivity contribution is 0.122. The number of halogens is 1. The Labute approximate surface area is 214 Å². The van der Waals surface area contributed by atoms with Gasteiger partial charge in [-0.2, -0.15) is 0 Å². The summed E-state index contributed by atoms with van der Waals surface area (Å²) >= 11 is 5.88. The molecule has 182 valence electrons. The molecule has 4 heterocycles. The molecule has 2 atom stereocenters. The Kier molecular flexibility index (Phi) is 6.13. The standard InChI is InChI=1S/C28H26FN5OS/c29-20-5-3-6-23(19-20)33-14-4-8-25(33)27-26(24-7-1-2-13-30-24)31-28(36)34(27)22-11-9-21(10-12-22)32-15-17-35-18-16-32/h1-14,19,26-27H,15-18H2,(H,31,36)/t26-,27+/m1/s1. The maximum Gasteiger partial charge on any atom is 0.174 e. The van der Waals surface area contributed by atoms with Gasteiger partial charge >= 0.3 is 0 Å². The van der Waals surface area contributed by atoms with E-state index in [1.807, 2.05) is 41.1 Å². The Morgan fingerprint density at radius 3 is 2.44 bits per heavy atom. The fourth-order valence-electron chi connectivity index (χ4n) is 5.08. The third-order valence-electron chi connectivity index (χ3n) is 6.77. The number of anilines is 2. The SMILES string of the molecule is Fc1cccc(-n2cccc2[C@H]2[C@@H](c3ccccn3)NC(=S)N2c2ccc(N3CCOCC3)cc2)c1. The van der Waals surface area contributed by atoms with E-state index in [-0.39, 0.29) is 17.9 Å². The van der Waals surface area contributed by atoms with Crippen molar-refractivity contribution in [3.8, 4) is 5.69 Å². The average molecular weight is 500 g/mol. The van der Waals surface area contributed by atoms with Crippen LogP contribution < -0.4 is 15.1 Å². The number of aromatic nitrogens is 2. The number of morpholine rings is 1. The minimum Gasteiger partial charge on any atom is -0.378 e. The van der Waals surface area contributed by atoms with Crippen LogP contribution >= 0.6 is 12.2 Å². The van der Waals surface area contributed by atoms with Crippen LogP contribution in [0.2, 0.25) is 0 Å². The highest BCUT2D eigenvalue weighted by atomic mass is 32.1. The lowest BCUT2D eigenvalue weighted by Gasteiger charge is -2.31. The second kappa shape index (κ2) is 9.72. The van der Waals surface area contributed by atoms with Gasteiger partial charge in [-0.05, 0) is 78.9 Å². The molecular weight excluding hydrogens is 473 g/mol. The molecule has 6 nitrogen and oxygen atoms in total. The van der Waals surface area contributed by atoms with E-state index >= 15 is 0 Å². The average Bonchev–Trinajstić information content (AvgIpc) is 3.54. The zero-order chi connectivity index (χ0) is 24.5. The third-order valence-corrected chi connectivity index (χ3v) is 7.09. The fourth-order valence-corrected chi connectivity index (χ4v) is 5.42. The number of thiocarbonyl (C=S) groups is 1. The van der Waals surface area contributed by atoms with E-state index in [4.69, 9.17) is 17.0 Å². The Hall–Kier alpha value is -3.75. The van der Waals surface area contributed by atoms with Crippen LogP contribution in [0.15, 0.2) is 91.3 Å². The van der Waals surface area contributed by atoms with E-state index in [0.717, 1.165) is 49.1 Å². The highest BCUT2D eigenvalue weighted by Crippen LogP contribution is 2.42. The van der Waals surface area contributed by atoms with Gasteiger partial charge in [0.05, 0.1) is 24.9 Å². The van der Waals surface area contributed by atoms with Crippen molar-refractivity contribution in [3.63, 3.8) is 0 Å². The van der Waals surface area contributed by atoms with Crippen LogP contribution in [0.5, 0.6) is 0 Å². The molecule has 6 rings (SSSR count). The summed E-state index contributed by atoms with van der Waals surface area (Å²) in [4.78, 5) is 9.11. The molecule has 2 aliphatic heterocycles. The predicted molar refractivity (Wildman–Crippen MR) is 143 cm³/mol. The Bertz CT molecular complexity index is 1350. The van der Waals surface area contributed by atoms with E-state index in [9.17, 15) is 4.39 Å². The number of hydrogen-bond donors (Lipinski definition) is 1. The highest BCUT2D eigenvalue weighted by molar-refractivity contribution is 7.80. The first-order chi connectivity index (χ1) is 17.7. The molecule has 2 aromatic heterocycles. The first kappa shape index (κ1) is 22.7. The molecule has 0 saturated carbocycles. The number of nitrogens with zero attached hydrogens (tertiary/aromatic N) is 4. The predicted octanol–water partition coefficient (Wildman–Crippen LogP) is 5.03. The van der Waals surface area contributed by atoms with E-state index in [1.54, 1.807) is 18.3 Å². The molecule has 2 aliphatic rings. The van der Waals surface area contributed by atoms with Crippen LogP contribution in [0.3, 0.4) is 0 Å². The highest BCUT2D eigenvalue weighted by Gasteiger charge is 2.42. The smallest absolute Gasteiger partial charge is 0.174 e. The molecule has 0 aliphatic carbocycles. The maximum atomic E-state index is 14.1. The summed E-state index contributed by atoms with van der Waals surface area (Å²) in [5, 5.41) is 4.13. The summed E-state index contributed by atoms with van der Waals surface area (Å²) in [6, 6.07) is 24.7. The molecule has 0 unspecified atom stereocenters. The number of ether oxygens (including phenoxy) is 1. The summed E-state index contributed by atoms with van der Waals surface area (Å²) < 4.78 is 21.6. The Morgan fingerprint density at radius 2 is 1.69 bits per heavy atom. The molecule has 0 spiro atoms. The molecule has 4 aromatic rings. The Morgan fingerprint density at radius 1 is 0.889 bits per heavy atom. The molecular formula is C28H26FN5OS. The lowest BCUT2D eigenvalue weighted by atomic mass is 10.0. The molecule has 0 radical (unpaired) electrons. The zero-order valence-electron chi connectivity index (χ0n) is 19.6. The first-order valence-electron chi connectivity index (χ1n) is 12.1. The quantitative estimate of drug-likeness (QED) is 0.389. The van der Waals surface area contributed by atoms with Crippen LogP contribution in [-0.4, -0.2) is 41.0 Å². The fraction of sp³-hybridized carbons (Fsp3) is 0.214. The number of benzene rings is 2. The summed E-state index contributed by atoms with van der Waals surface area (Å²) in [7, 11) is 0. The number of hydrogen-bond acceptors (Lipinski definition) is 4. The van der Waals surface area contributed by atoms with Gasteiger partial charge < -0.3 is 24.4 Å². The van der Waals surface area contributed by atoms with Gasteiger partial charge in [-0.15, -0.1) is 0 Å². The lowest BCUT2D eigenvalue weighted by Crippen LogP contribution is -2.36. The topological polar surface area (TPSA) is 45.6 Å². The summed E-state index contributed by atoms with van der Waals surface area (Å²) in [5.74, 6) is -0.274. The van der Waals surface area contributed by atoms with Crippen LogP contribution in [0, 0.1) is 5.82 Å². The molecule has 8 heteroatoms. The van der Waals surface area contributed by atoms with E-state index in [1.165, 1.54) is 11.8 Å². The van der Waals surface area contributed by atoms with E-state index in [0.29, 0.717) is 5.11 Å². The van der Waals surface area contributed by atoms with Crippen molar-refractivity contribution in [2.45, 2.75) is 12.1 Å². The van der Waals surface area contributed by atoms with Crippen molar-refractivity contribution < 1.29 is 9.13 Å². The first-order valence-corrected chi connectivity index (χ1v) is 12.5. The normalized spacial score (nSPS) is 20.0. The van der Waals surface area contributed by atoms with Crippen molar-refractivity contribution in [2.24, 2.45) is 0 Å². The van der Waals surface area contributed by atoms with Gasteiger partial charge in [-0.1, -0.05) is 12.1 Å². The molecule has 0 amide bonds. The second-order valence-electron chi connectivity index (χ2n) is 8.90. The minimum atomic E-state index is -0.274. The van der Waals surface area contributed by atoms with Gasteiger partial charge in [-0.25, -0.2) is 4.39 Å². The van der Waals surface area contributed by atoms with Gasteiger partial charge in [-0.3, -0.25) is 4.98 Å². The van der Waals surface area contributed by atoms with Gasteiger partial charge in [0.25, 0.3) is 0 Å². The molecule has 1 N–H and O–H groups in total. The number of rotatable bonds is 5. The number of nitrogens with one attached hydrogen (secondary N) is 1. The molecule has 2 aromatic carbocycles. The molecule has 2 fully saturated rings. The van der Waals surface area contributed by atoms with Gasteiger partial charge in [0.2, 0.25) is 0 Å². The van der Waals surface area contributed by atoms with Gasteiger partial charge in [0.15, 0.2) is 5.11 Å². The van der Waals surface area contributed by atoms with Crippen LogP contribution in [0.4, 0.5) is 15.8 Å². The summed E-state index contributed by atoms with van der Waals surface area (Å²) in [6.07, 6.45) is 3.75. The van der Waals surface area contributed by atoms with Crippen LogP contribution in [-0.2, 0) is 4.74 Å². The summed E-state index contributed by atoms with van der Waals surface area (Å²) in [6.45, 7) is 3.25. The Balaban J connectivity index is 1.42. The van der Waals surface area contributed by atoms with Crippen molar-refractivity contribution in [2.75, 3.05) is 36.1 Å². The number of pyridine rings is 1. The van der Waals surface area contributed by atoms with Gasteiger partial charge in [0, 0.05) is 48.2 Å². The largest absolute Gasteiger partial charge is 0.378 e. The maximum absolute atomic E-state index is 14.1. The van der Waals surface area contributed by atoms with Crippen LogP contribution in [0.25, 0.3) is 5.69 Å². The zero-order valence-corrected chi connectivity index (χ0v) is 20.4. The van der Waals surface area contributed by atoms with Crippen molar-refractivity contribution in [1.82, 2.24) is 14.9 Å². The second-order valence-corrected chi connectivity index (χ2v) is 9.28. The van der Waals surface area contributed by atoms with Crippen molar-refractivity contribution in [1.29, 1.82) is 0 Å². The molecule has 36 heavy (non-hydrogen) atoms. The van der Waals surface area contributed by atoms with Crippen molar-refractivity contribution >= 4 is 28.7 Å². The monoisotopic (exact) mass is 499 g/mol. The molecule has 2 saturated heterocycles. The van der Waals surface area contributed by atoms with E-state index in [2.05, 4.69) is 50.4 Å². The van der Waals surface area contributed by atoms with Gasteiger partial charge in [0.1, 0.15) is 11.9 Å². The minimum absolute atomic E-state index is 0.181. The van der Waals surface area contributed by atoms with Crippen LogP contribution in [0.1, 0.15) is 23.5 Å². The van der Waals surface area contributed by atoms with E-state index < -0.39 is 0 Å². The van der Waals surface area contributed by atoms with Crippen molar-refractivity contribution in [3.05, 3.63) is 108 Å². The summed E-state index contributed by atoms with van der Waals surface area (Å²) in [5.41, 5.74) is 4.79. The third kappa shape index (κ3) is 4.23. The molecule has 0 bridgehead atoms.